The molecule has 208 valence electrons. The van der Waals surface area contributed by atoms with E-state index in [-0.39, 0.29) is 16.7 Å². The van der Waals surface area contributed by atoms with Gasteiger partial charge in [-0.05, 0) is 88.4 Å². The fourth-order valence-electron chi connectivity index (χ4n) is 7.28. The van der Waals surface area contributed by atoms with Crippen molar-refractivity contribution in [2.24, 2.45) is 0 Å². The number of benzene rings is 3. The van der Waals surface area contributed by atoms with Crippen molar-refractivity contribution in [1.82, 2.24) is 14.8 Å². The molecule has 0 bridgehead atoms. The van der Waals surface area contributed by atoms with Crippen LogP contribution >= 0.6 is 0 Å². The van der Waals surface area contributed by atoms with Crippen LogP contribution in [0.2, 0.25) is 0 Å². The number of para-hydroxylation sites is 1. The van der Waals surface area contributed by atoms with Crippen molar-refractivity contribution in [1.29, 1.82) is 0 Å². The van der Waals surface area contributed by atoms with Crippen molar-refractivity contribution in [3.8, 4) is 0 Å². The zero-order valence-corrected chi connectivity index (χ0v) is 23.4. The second-order valence-corrected chi connectivity index (χ2v) is 11.6. The molecule has 0 unspecified atom stereocenters. The number of hydrogen-bond donors (Lipinski definition) is 1. The van der Waals surface area contributed by atoms with Gasteiger partial charge in [-0.15, -0.1) is 0 Å². The van der Waals surface area contributed by atoms with E-state index in [1.807, 2.05) is 36.4 Å². The number of H-pyrrole nitrogens is 1. The Balaban J connectivity index is 1.51. The first-order valence-electron chi connectivity index (χ1n) is 13.9. The predicted octanol–water partition coefficient (Wildman–Crippen LogP) is 7.13. The first-order valence-corrected chi connectivity index (χ1v) is 13.9. The van der Waals surface area contributed by atoms with Crippen LogP contribution in [0.1, 0.15) is 64.0 Å². The molecule has 2 heterocycles. The molecule has 3 aromatic carbocycles. The second-order valence-electron chi connectivity index (χ2n) is 11.6. The molecule has 4 nitrogen and oxygen atoms in total. The number of rotatable bonds is 3. The van der Waals surface area contributed by atoms with Crippen LogP contribution in [-0.4, -0.2) is 41.3 Å². The van der Waals surface area contributed by atoms with Gasteiger partial charge in [0.05, 0.1) is 5.54 Å². The van der Waals surface area contributed by atoms with Crippen LogP contribution in [0.25, 0.3) is 10.9 Å². The number of aromatic amines is 1. The highest BCUT2D eigenvalue weighted by atomic mass is 19.2. The molecule has 1 aliphatic carbocycles. The first kappa shape index (κ1) is 26.6. The van der Waals surface area contributed by atoms with E-state index in [0.29, 0.717) is 25.8 Å². The summed E-state index contributed by atoms with van der Waals surface area (Å²) in [6.45, 7) is 3.01. The number of hydrogen-bond acceptors (Lipinski definition) is 2. The number of carbonyl (C=O) groups excluding carboxylic acids is 1. The molecule has 1 spiro atoms. The minimum absolute atomic E-state index is 0.0426. The van der Waals surface area contributed by atoms with Crippen molar-refractivity contribution < 1.29 is 18.0 Å². The van der Waals surface area contributed by atoms with E-state index in [9.17, 15) is 9.18 Å². The van der Waals surface area contributed by atoms with Gasteiger partial charge in [0, 0.05) is 28.7 Å². The van der Waals surface area contributed by atoms with Crippen LogP contribution in [0.3, 0.4) is 0 Å². The monoisotopic (exact) mass is 545 g/mol. The van der Waals surface area contributed by atoms with Gasteiger partial charge in [-0.2, -0.15) is 0 Å². The molecule has 6 rings (SSSR count). The summed E-state index contributed by atoms with van der Waals surface area (Å²) in [6.07, 6.45) is 3.18. The van der Waals surface area contributed by atoms with Crippen LogP contribution in [-0.2, 0) is 17.5 Å². The lowest BCUT2D eigenvalue weighted by atomic mass is 9.65. The zero-order valence-electron chi connectivity index (χ0n) is 23.4. The maximum atomic E-state index is 15.5. The third-order valence-electron chi connectivity index (χ3n) is 9.76. The Morgan fingerprint density at radius 2 is 1.48 bits per heavy atom. The minimum atomic E-state index is -1.41. The van der Waals surface area contributed by atoms with Crippen molar-refractivity contribution in [2.75, 3.05) is 20.6 Å². The Hall–Kier alpha value is -3.58. The quantitative estimate of drug-likeness (QED) is 0.278. The normalized spacial score (nSPS) is 22.8. The van der Waals surface area contributed by atoms with Gasteiger partial charge in [0.25, 0.3) is 5.91 Å². The van der Waals surface area contributed by atoms with Gasteiger partial charge in [0.2, 0.25) is 0 Å². The molecule has 0 radical (unpaired) electrons. The topological polar surface area (TPSA) is 39.3 Å². The third kappa shape index (κ3) is 3.66. The van der Waals surface area contributed by atoms with Gasteiger partial charge in [-0.1, -0.05) is 48.5 Å². The number of nitrogens with zero attached hydrogens (tertiary/aromatic N) is 2. The summed E-state index contributed by atoms with van der Waals surface area (Å²) in [5.41, 5.74) is 2.22. The molecule has 1 fully saturated rings. The van der Waals surface area contributed by atoms with Crippen LogP contribution in [0.5, 0.6) is 0 Å². The van der Waals surface area contributed by atoms with E-state index in [4.69, 9.17) is 0 Å². The average Bonchev–Trinajstić information content (AvgIpc) is 3.36. The van der Waals surface area contributed by atoms with E-state index < -0.39 is 34.5 Å². The van der Waals surface area contributed by atoms with Crippen LogP contribution < -0.4 is 0 Å². The van der Waals surface area contributed by atoms with Crippen LogP contribution in [0.15, 0.2) is 54.6 Å². The number of amides is 1. The van der Waals surface area contributed by atoms with Crippen molar-refractivity contribution in [3.63, 3.8) is 0 Å². The van der Waals surface area contributed by atoms with Crippen LogP contribution in [0.4, 0.5) is 13.2 Å². The SMILES string of the molecule is Cc1c(C)c(F)c(C(=O)N2CCc3c([nH]c4ccccc34)C23CCC(c2ccccc2)(N(C)C)CC3)c(F)c1F. The Bertz CT molecular complexity index is 1590. The number of aromatic nitrogens is 1. The van der Waals surface area contributed by atoms with Crippen molar-refractivity contribution >= 4 is 16.8 Å². The number of halogens is 3. The number of nitrogens with one attached hydrogen (secondary N) is 1. The van der Waals surface area contributed by atoms with Gasteiger partial charge >= 0.3 is 0 Å². The van der Waals surface area contributed by atoms with Gasteiger partial charge in [0.15, 0.2) is 11.6 Å². The molecule has 7 heteroatoms. The molecular formula is C33H34F3N3O. The number of carbonyl (C=O) groups is 1. The highest BCUT2D eigenvalue weighted by molar-refractivity contribution is 5.96. The molecule has 2 aliphatic rings. The molecule has 4 aromatic rings. The predicted molar refractivity (Wildman–Crippen MR) is 151 cm³/mol. The van der Waals surface area contributed by atoms with E-state index >= 15 is 8.78 Å². The lowest BCUT2D eigenvalue weighted by molar-refractivity contribution is -0.0146. The van der Waals surface area contributed by atoms with E-state index in [1.54, 1.807) is 4.90 Å². The highest BCUT2D eigenvalue weighted by Gasteiger charge is 2.53. The van der Waals surface area contributed by atoms with Crippen molar-refractivity contribution in [2.45, 2.75) is 57.0 Å². The standard InChI is InChI=1S/C33H34F3N3O/c1-20-21(2)28(35)29(36)26(27(20)34)31(40)39-19-14-24-23-12-8-9-13-25(23)37-30(24)33(39)17-15-32(16-18-33,38(3)4)22-10-6-5-7-11-22/h5-13,37H,14-19H2,1-4H3. The molecule has 40 heavy (non-hydrogen) atoms. The summed E-state index contributed by atoms with van der Waals surface area (Å²) < 4.78 is 45.6. The molecule has 0 saturated heterocycles. The Labute approximate surface area is 232 Å². The Morgan fingerprint density at radius 3 is 2.15 bits per heavy atom. The average molecular weight is 546 g/mol. The summed E-state index contributed by atoms with van der Waals surface area (Å²) in [7, 11) is 4.15. The van der Waals surface area contributed by atoms with Crippen molar-refractivity contribution in [3.05, 3.63) is 106 Å². The fraction of sp³-hybridized carbons (Fsp3) is 0.364. The number of fused-ring (bicyclic) bond motifs is 4. The summed E-state index contributed by atoms with van der Waals surface area (Å²) >= 11 is 0. The van der Waals surface area contributed by atoms with Crippen LogP contribution in [0, 0.1) is 31.3 Å². The largest absolute Gasteiger partial charge is 0.356 e. The van der Waals surface area contributed by atoms with E-state index in [1.165, 1.54) is 19.4 Å². The molecule has 1 aromatic heterocycles. The molecule has 1 aliphatic heterocycles. The molecule has 0 atom stereocenters. The molecule has 1 saturated carbocycles. The van der Waals surface area contributed by atoms with Gasteiger partial charge in [-0.3, -0.25) is 9.69 Å². The van der Waals surface area contributed by atoms with Gasteiger partial charge < -0.3 is 9.88 Å². The highest BCUT2D eigenvalue weighted by Crippen LogP contribution is 2.54. The maximum absolute atomic E-state index is 15.5. The summed E-state index contributed by atoms with van der Waals surface area (Å²) in [5.74, 6) is -4.36. The maximum Gasteiger partial charge on any atom is 0.260 e. The third-order valence-corrected chi connectivity index (χ3v) is 9.76. The fourth-order valence-corrected chi connectivity index (χ4v) is 7.28. The molecular weight excluding hydrogens is 511 g/mol. The van der Waals surface area contributed by atoms with E-state index in [2.05, 4.69) is 42.2 Å². The zero-order chi connectivity index (χ0) is 28.4. The second kappa shape index (κ2) is 9.51. The summed E-state index contributed by atoms with van der Waals surface area (Å²) in [4.78, 5) is 21.7. The smallest absolute Gasteiger partial charge is 0.260 e. The Morgan fingerprint density at radius 1 is 0.850 bits per heavy atom. The summed E-state index contributed by atoms with van der Waals surface area (Å²) in [6, 6.07) is 18.4. The Kier molecular flexibility index (Phi) is 6.33. The molecule has 1 N–H and O–H groups in total. The molecule has 1 amide bonds. The van der Waals surface area contributed by atoms with Gasteiger partial charge in [0.1, 0.15) is 11.4 Å². The summed E-state index contributed by atoms with van der Waals surface area (Å²) in [5, 5.41) is 1.10. The minimum Gasteiger partial charge on any atom is -0.356 e. The van der Waals surface area contributed by atoms with E-state index in [0.717, 1.165) is 35.0 Å². The first-order chi connectivity index (χ1) is 19.1. The lowest BCUT2D eigenvalue weighted by Crippen LogP contribution is -2.58. The van der Waals surface area contributed by atoms with Gasteiger partial charge in [-0.25, -0.2) is 13.2 Å². The lowest BCUT2D eigenvalue weighted by Gasteiger charge is -2.55.